The standard InChI is InChI=1S/C33H58O2/c1-8-9-10-31(34)35-26-17-19-32(6)25(21-26)13-14-27-29-16-15-28(33(29,7)20-18-30(27)32)24(5)12-11-23(4)22(2)3/h22-30H,8-21H2,1-7H3/t23-,24+,25?,26?,27-,28+,29-,30-,32-,33+/m0/s1. The average Bonchev–Trinajstić information content (AvgIpc) is 3.18. The third-order valence-electron chi connectivity index (χ3n) is 12.6. The van der Waals surface area contributed by atoms with Gasteiger partial charge in [-0.05, 0) is 122 Å². The van der Waals surface area contributed by atoms with Gasteiger partial charge in [-0.25, -0.2) is 0 Å². The van der Waals surface area contributed by atoms with Crippen LogP contribution in [-0.4, -0.2) is 12.1 Å². The van der Waals surface area contributed by atoms with Gasteiger partial charge in [-0.1, -0.05) is 67.7 Å². The van der Waals surface area contributed by atoms with Gasteiger partial charge in [0.05, 0.1) is 0 Å². The minimum atomic E-state index is 0.0523. The Morgan fingerprint density at radius 2 is 1.60 bits per heavy atom. The summed E-state index contributed by atoms with van der Waals surface area (Å²) in [4.78, 5) is 12.3. The van der Waals surface area contributed by atoms with Crippen LogP contribution in [-0.2, 0) is 9.53 Å². The number of unbranched alkanes of at least 4 members (excludes halogenated alkanes) is 1. The molecule has 2 heteroatoms. The zero-order valence-electron chi connectivity index (χ0n) is 24.4. The zero-order chi connectivity index (χ0) is 25.4. The van der Waals surface area contributed by atoms with Crippen molar-refractivity contribution in [3.8, 4) is 0 Å². The summed E-state index contributed by atoms with van der Waals surface area (Å²) < 4.78 is 5.96. The number of hydrogen-bond donors (Lipinski definition) is 0. The molecule has 0 spiro atoms. The Morgan fingerprint density at radius 3 is 2.31 bits per heavy atom. The normalized spacial score (nSPS) is 42.6. The molecule has 4 rings (SSSR count). The van der Waals surface area contributed by atoms with Crippen molar-refractivity contribution < 1.29 is 9.53 Å². The monoisotopic (exact) mass is 486 g/mol. The van der Waals surface area contributed by atoms with E-state index in [9.17, 15) is 4.79 Å². The predicted molar refractivity (Wildman–Crippen MR) is 147 cm³/mol. The molecule has 202 valence electrons. The van der Waals surface area contributed by atoms with Crippen LogP contribution < -0.4 is 0 Å². The fraction of sp³-hybridized carbons (Fsp3) is 0.970. The minimum absolute atomic E-state index is 0.0523. The molecule has 0 heterocycles. The van der Waals surface area contributed by atoms with Crippen molar-refractivity contribution in [2.24, 2.45) is 58.2 Å². The van der Waals surface area contributed by atoms with Gasteiger partial charge in [-0.2, -0.15) is 0 Å². The predicted octanol–water partition coefficient (Wildman–Crippen LogP) is 9.46. The van der Waals surface area contributed by atoms with E-state index in [0.29, 0.717) is 17.3 Å². The molecule has 0 aromatic carbocycles. The Morgan fingerprint density at radius 1 is 0.886 bits per heavy atom. The summed E-state index contributed by atoms with van der Waals surface area (Å²) in [5.41, 5.74) is 1.06. The molecular weight excluding hydrogens is 428 g/mol. The van der Waals surface area contributed by atoms with Gasteiger partial charge in [-0.3, -0.25) is 4.79 Å². The van der Waals surface area contributed by atoms with E-state index >= 15 is 0 Å². The van der Waals surface area contributed by atoms with E-state index in [0.717, 1.165) is 73.0 Å². The Balaban J connectivity index is 1.38. The van der Waals surface area contributed by atoms with Crippen LogP contribution in [0.4, 0.5) is 0 Å². The van der Waals surface area contributed by atoms with E-state index in [4.69, 9.17) is 4.74 Å². The molecule has 2 unspecified atom stereocenters. The summed E-state index contributed by atoms with van der Waals surface area (Å²) in [5.74, 6) is 7.13. The molecule has 0 N–H and O–H groups in total. The minimum Gasteiger partial charge on any atom is -0.462 e. The lowest BCUT2D eigenvalue weighted by Gasteiger charge is -2.61. The highest BCUT2D eigenvalue weighted by Gasteiger charge is 2.60. The summed E-state index contributed by atoms with van der Waals surface area (Å²) in [6.07, 6.45) is 17.9. The average molecular weight is 487 g/mol. The molecule has 0 radical (unpaired) electrons. The molecule has 4 aliphatic carbocycles. The first kappa shape index (κ1) is 27.5. The maximum absolute atomic E-state index is 12.3. The van der Waals surface area contributed by atoms with Gasteiger partial charge >= 0.3 is 5.97 Å². The lowest BCUT2D eigenvalue weighted by molar-refractivity contribution is -0.162. The molecule has 4 saturated carbocycles. The second-order valence-electron chi connectivity index (χ2n) is 14.7. The molecule has 0 aliphatic heterocycles. The first-order chi connectivity index (χ1) is 16.6. The van der Waals surface area contributed by atoms with Crippen LogP contribution in [0.2, 0.25) is 0 Å². The van der Waals surface area contributed by atoms with E-state index in [1.807, 2.05) is 0 Å². The van der Waals surface area contributed by atoms with E-state index in [-0.39, 0.29) is 12.1 Å². The number of carbonyl (C=O) groups is 1. The summed E-state index contributed by atoms with van der Waals surface area (Å²) in [6, 6.07) is 0. The lowest BCUT2D eigenvalue weighted by atomic mass is 9.44. The molecular formula is C33H58O2. The fourth-order valence-corrected chi connectivity index (χ4v) is 9.93. The van der Waals surface area contributed by atoms with Crippen LogP contribution in [0.3, 0.4) is 0 Å². The van der Waals surface area contributed by atoms with Gasteiger partial charge in [0.15, 0.2) is 0 Å². The molecule has 0 saturated heterocycles. The van der Waals surface area contributed by atoms with Crippen LogP contribution in [0.25, 0.3) is 0 Å². The Labute approximate surface area is 218 Å². The van der Waals surface area contributed by atoms with E-state index in [2.05, 4.69) is 48.5 Å². The highest BCUT2D eigenvalue weighted by molar-refractivity contribution is 5.69. The number of fused-ring (bicyclic) bond motifs is 5. The van der Waals surface area contributed by atoms with Crippen LogP contribution in [0.5, 0.6) is 0 Å². The van der Waals surface area contributed by atoms with Crippen molar-refractivity contribution in [1.82, 2.24) is 0 Å². The number of hydrogen-bond acceptors (Lipinski definition) is 2. The SMILES string of the molecule is CCCCC(=O)OC1CC[C@@]2(C)C(CC[C@H]3[C@@H]4CC[C@H]([C@H](C)CC[C@H](C)C(C)C)[C@@]4(C)CC[C@@H]32)C1. The highest BCUT2D eigenvalue weighted by Crippen LogP contribution is 2.68. The van der Waals surface area contributed by atoms with Crippen molar-refractivity contribution in [3.05, 3.63) is 0 Å². The van der Waals surface area contributed by atoms with Crippen LogP contribution in [0.1, 0.15) is 138 Å². The molecule has 2 nitrogen and oxygen atoms in total. The Bertz CT molecular complexity index is 714. The molecule has 0 amide bonds. The fourth-order valence-electron chi connectivity index (χ4n) is 9.93. The Kier molecular flexibility index (Phi) is 8.70. The molecule has 0 bridgehead atoms. The van der Waals surface area contributed by atoms with Crippen LogP contribution in [0, 0.1) is 58.2 Å². The van der Waals surface area contributed by atoms with Gasteiger partial charge in [-0.15, -0.1) is 0 Å². The molecule has 10 atom stereocenters. The molecule has 4 fully saturated rings. The van der Waals surface area contributed by atoms with E-state index < -0.39 is 0 Å². The number of carbonyl (C=O) groups excluding carboxylic acids is 1. The van der Waals surface area contributed by atoms with Gasteiger partial charge in [0, 0.05) is 6.42 Å². The zero-order valence-corrected chi connectivity index (χ0v) is 24.4. The topological polar surface area (TPSA) is 26.3 Å². The van der Waals surface area contributed by atoms with Crippen molar-refractivity contribution >= 4 is 5.97 Å². The van der Waals surface area contributed by atoms with Crippen molar-refractivity contribution in [1.29, 1.82) is 0 Å². The number of ether oxygens (including phenoxy) is 1. The summed E-state index contributed by atoms with van der Waals surface area (Å²) in [7, 11) is 0. The highest BCUT2D eigenvalue weighted by atomic mass is 16.5. The van der Waals surface area contributed by atoms with Gasteiger partial charge < -0.3 is 4.74 Å². The van der Waals surface area contributed by atoms with Crippen LogP contribution in [0.15, 0.2) is 0 Å². The summed E-state index contributed by atoms with van der Waals surface area (Å²) in [5, 5.41) is 0. The maximum atomic E-state index is 12.3. The third-order valence-corrected chi connectivity index (χ3v) is 12.6. The summed E-state index contributed by atoms with van der Waals surface area (Å²) in [6.45, 7) is 17.4. The van der Waals surface area contributed by atoms with Crippen molar-refractivity contribution in [2.75, 3.05) is 0 Å². The Hall–Kier alpha value is -0.530. The first-order valence-electron chi connectivity index (χ1n) is 15.8. The van der Waals surface area contributed by atoms with Gasteiger partial charge in [0.1, 0.15) is 6.10 Å². The largest absolute Gasteiger partial charge is 0.462 e. The molecule has 35 heavy (non-hydrogen) atoms. The van der Waals surface area contributed by atoms with Crippen LogP contribution >= 0.6 is 0 Å². The van der Waals surface area contributed by atoms with Crippen molar-refractivity contribution in [2.45, 2.75) is 144 Å². The second kappa shape index (κ2) is 11.1. The molecule has 4 aliphatic rings. The second-order valence-corrected chi connectivity index (χ2v) is 14.7. The number of esters is 1. The van der Waals surface area contributed by atoms with Gasteiger partial charge in [0.25, 0.3) is 0 Å². The molecule has 0 aromatic heterocycles. The first-order valence-corrected chi connectivity index (χ1v) is 15.8. The van der Waals surface area contributed by atoms with E-state index in [1.54, 1.807) is 0 Å². The smallest absolute Gasteiger partial charge is 0.306 e. The lowest BCUT2D eigenvalue weighted by Crippen LogP contribution is -2.54. The molecule has 0 aromatic rings. The summed E-state index contributed by atoms with van der Waals surface area (Å²) >= 11 is 0. The van der Waals surface area contributed by atoms with Crippen molar-refractivity contribution in [3.63, 3.8) is 0 Å². The van der Waals surface area contributed by atoms with Gasteiger partial charge in [0.2, 0.25) is 0 Å². The van der Waals surface area contributed by atoms with E-state index in [1.165, 1.54) is 57.8 Å². The quantitative estimate of drug-likeness (QED) is 0.303. The number of rotatable bonds is 9. The maximum Gasteiger partial charge on any atom is 0.306 e. The third kappa shape index (κ3) is 5.38.